The minimum Gasteiger partial charge on any atom is -0.465 e. The van der Waals surface area contributed by atoms with Gasteiger partial charge in [-0.15, -0.1) is 5.10 Å². The number of ether oxygens (including phenoxy) is 1. The van der Waals surface area contributed by atoms with Gasteiger partial charge in [-0.1, -0.05) is 6.07 Å². The number of rotatable bonds is 4. The summed E-state index contributed by atoms with van der Waals surface area (Å²) in [4.78, 5) is 11.9. The minimum atomic E-state index is -0.357. The Kier molecular flexibility index (Phi) is 3.82. The van der Waals surface area contributed by atoms with Crippen molar-refractivity contribution in [3.8, 4) is 5.69 Å². The van der Waals surface area contributed by atoms with Crippen molar-refractivity contribution in [1.29, 1.82) is 0 Å². The molecule has 0 unspecified atom stereocenters. The number of nitrogens with one attached hydrogen (secondary N) is 1. The maximum Gasteiger partial charge on any atom is 0.337 e. The van der Waals surface area contributed by atoms with Crippen molar-refractivity contribution < 1.29 is 9.53 Å². The van der Waals surface area contributed by atoms with Crippen LogP contribution >= 0.6 is 0 Å². The summed E-state index contributed by atoms with van der Waals surface area (Å²) in [6.45, 7) is 0. The largest absolute Gasteiger partial charge is 0.465 e. The van der Waals surface area contributed by atoms with Crippen LogP contribution in [-0.4, -0.2) is 40.3 Å². The van der Waals surface area contributed by atoms with E-state index in [2.05, 4.69) is 20.8 Å². The third-order valence-corrected chi connectivity index (χ3v) is 7.19. The second kappa shape index (κ2) is 6.12. The molecule has 6 rings (SSSR count). The lowest BCUT2D eigenvalue weighted by atomic mass is 9.48. The van der Waals surface area contributed by atoms with Gasteiger partial charge in [0, 0.05) is 0 Å². The molecule has 7 nitrogen and oxygen atoms in total. The highest BCUT2D eigenvalue weighted by Crippen LogP contribution is 2.61. The summed E-state index contributed by atoms with van der Waals surface area (Å²) >= 11 is 0. The first-order chi connectivity index (χ1) is 13.2. The van der Waals surface area contributed by atoms with Crippen LogP contribution in [0.2, 0.25) is 0 Å². The summed E-state index contributed by atoms with van der Waals surface area (Å²) in [6.07, 6.45) is 6.41. The van der Waals surface area contributed by atoms with Crippen molar-refractivity contribution in [1.82, 2.24) is 25.5 Å². The second-order valence-corrected chi connectivity index (χ2v) is 8.38. The fraction of sp³-hybridized carbons (Fsp3) is 0.600. The summed E-state index contributed by atoms with van der Waals surface area (Å²) in [5.74, 6) is 3.37. The van der Waals surface area contributed by atoms with Gasteiger partial charge in [0.25, 0.3) is 0 Å². The summed E-state index contributed by atoms with van der Waals surface area (Å²) < 4.78 is 6.67. The molecule has 4 saturated carbocycles. The van der Waals surface area contributed by atoms with Crippen LogP contribution in [0, 0.1) is 23.7 Å². The van der Waals surface area contributed by atoms with E-state index in [1.54, 1.807) is 12.1 Å². The Morgan fingerprint density at radius 3 is 2.52 bits per heavy atom. The SMILES string of the molecule is CNC1(c2nnnn2-c2cccc(C(=O)OC)c2)C2CC3CC(C2)CC1C3. The van der Waals surface area contributed by atoms with Gasteiger partial charge in [0.2, 0.25) is 0 Å². The zero-order chi connectivity index (χ0) is 18.6. The first-order valence-corrected chi connectivity index (χ1v) is 9.82. The Bertz CT molecular complexity index is 849. The third-order valence-electron chi connectivity index (χ3n) is 7.19. The number of methoxy groups -OCH3 is 1. The van der Waals surface area contributed by atoms with E-state index in [0.29, 0.717) is 17.4 Å². The molecule has 0 atom stereocenters. The molecule has 4 bridgehead atoms. The fourth-order valence-corrected chi connectivity index (χ4v) is 6.31. The molecule has 1 aromatic carbocycles. The summed E-state index contributed by atoms with van der Waals surface area (Å²) in [5.41, 5.74) is 1.10. The van der Waals surface area contributed by atoms with Gasteiger partial charge in [0.05, 0.1) is 23.9 Å². The van der Waals surface area contributed by atoms with Gasteiger partial charge < -0.3 is 10.1 Å². The van der Waals surface area contributed by atoms with Crippen LogP contribution in [0.1, 0.15) is 48.3 Å². The topological polar surface area (TPSA) is 81.9 Å². The molecule has 1 N–H and O–H groups in total. The highest BCUT2D eigenvalue weighted by atomic mass is 16.5. The standard InChI is InChI=1S/C20H25N5O2/c1-21-20(15-7-12-6-13(9-15)10-16(20)8-12)19-22-23-24-25(19)17-5-3-4-14(11-17)18(26)27-2/h3-5,11-13,15-16,21H,6-10H2,1-2H3. The Morgan fingerprint density at radius 2 is 1.89 bits per heavy atom. The smallest absolute Gasteiger partial charge is 0.337 e. The summed E-state index contributed by atoms with van der Waals surface area (Å²) in [6, 6.07) is 7.32. The maximum absolute atomic E-state index is 11.9. The van der Waals surface area contributed by atoms with Gasteiger partial charge in [0.1, 0.15) is 0 Å². The number of benzene rings is 1. The lowest BCUT2D eigenvalue weighted by Gasteiger charge is -2.60. The van der Waals surface area contributed by atoms with Crippen LogP contribution < -0.4 is 5.32 Å². The van der Waals surface area contributed by atoms with Crippen molar-refractivity contribution in [3.63, 3.8) is 0 Å². The average Bonchev–Trinajstić information content (AvgIpc) is 3.18. The molecule has 0 saturated heterocycles. The number of carbonyl (C=O) groups excluding carboxylic acids is 1. The van der Waals surface area contributed by atoms with E-state index >= 15 is 0 Å². The molecule has 2 aromatic rings. The van der Waals surface area contributed by atoms with Crippen LogP contribution in [0.25, 0.3) is 5.69 Å². The zero-order valence-electron chi connectivity index (χ0n) is 15.8. The molecule has 27 heavy (non-hydrogen) atoms. The number of hydrogen-bond donors (Lipinski definition) is 1. The number of carbonyl (C=O) groups is 1. The Hall–Kier alpha value is -2.28. The van der Waals surface area contributed by atoms with Gasteiger partial charge in [0.15, 0.2) is 5.82 Å². The van der Waals surface area contributed by atoms with E-state index in [1.165, 1.54) is 39.2 Å². The van der Waals surface area contributed by atoms with Gasteiger partial charge in [-0.3, -0.25) is 0 Å². The van der Waals surface area contributed by atoms with Crippen LogP contribution in [0.5, 0.6) is 0 Å². The maximum atomic E-state index is 11.9. The van der Waals surface area contributed by atoms with Crippen molar-refractivity contribution in [2.75, 3.05) is 14.2 Å². The molecule has 4 fully saturated rings. The predicted molar refractivity (Wildman–Crippen MR) is 98.3 cm³/mol. The van der Waals surface area contributed by atoms with Gasteiger partial charge in [-0.25, -0.2) is 4.79 Å². The molecule has 4 aliphatic carbocycles. The first kappa shape index (κ1) is 16.9. The Labute approximate surface area is 158 Å². The highest BCUT2D eigenvalue weighted by Gasteiger charge is 2.59. The molecule has 142 valence electrons. The fourth-order valence-electron chi connectivity index (χ4n) is 6.31. The number of nitrogens with zero attached hydrogens (tertiary/aromatic N) is 4. The third kappa shape index (κ3) is 2.37. The lowest BCUT2D eigenvalue weighted by molar-refractivity contribution is -0.0795. The van der Waals surface area contributed by atoms with Crippen molar-refractivity contribution in [3.05, 3.63) is 35.7 Å². The normalized spacial score (nSPS) is 34.0. The van der Waals surface area contributed by atoms with Crippen LogP contribution in [0.3, 0.4) is 0 Å². The molecule has 4 aliphatic rings. The molecule has 0 amide bonds. The van der Waals surface area contributed by atoms with Crippen LogP contribution in [0.15, 0.2) is 24.3 Å². The van der Waals surface area contributed by atoms with Crippen LogP contribution in [0.4, 0.5) is 0 Å². The molecular formula is C20H25N5O2. The van der Waals surface area contributed by atoms with Crippen molar-refractivity contribution >= 4 is 5.97 Å². The summed E-state index contributed by atoms with van der Waals surface area (Å²) in [7, 11) is 3.44. The molecule has 7 heteroatoms. The van der Waals surface area contributed by atoms with Crippen LogP contribution in [-0.2, 0) is 10.3 Å². The Balaban J connectivity index is 1.60. The average molecular weight is 367 g/mol. The van der Waals surface area contributed by atoms with Crippen molar-refractivity contribution in [2.24, 2.45) is 23.7 Å². The zero-order valence-corrected chi connectivity index (χ0v) is 15.8. The van der Waals surface area contributed by atoms with Gasteiger partial charge in [-0.05, 0) is 91.4 Å². The predicted octanol–water partition coefficient (Wildman–Crippen LogP) is 2.32. The molecule has 0 radical (unpaired) electrons. The highest BCUT2D eigenvalue weighted by molar-refractivity contribution is 5.89. The molecule has 0 aliphatic heterocycles. The van der Waals surface area contributed by atoms with E-state index < -0.39 is 0 Å². The molecule has 1 heterocycles. The van der Waals surface area contributed by atoms with E-state index in [-0.39, 0.29) is 11.5 Å². The molecule has 1 aromatic heterocycles. The molecule has 0 spiro atoms. The first-order valence-electron chi connectivity index (χ1n) is 9.82. The van der Waals surface area contributed by atoms with E-state index in [9.17, 15) is 4.79 Å². The van der Waals surface area contributed by atoms with E-state index in [0.717, 1.165) is 23.3 Å². The monoisotopic (exact) mass is 367 g/mol. The number of tetrazole rings is 1. The number of esters is 1. The minimum absolute atomic E-state index is 0.196. The van der Waals surface area contributed by atoms with Crippen molar-refractivity contribution in [2.45, 2.75) is 37.6 Å². The molecular weight excluding hydrogens is 342 g/mol. The quantitative estimate of drug-likeness (QED) is 0.835. The number of aromatic nitrogens is 4. The number of hydrogen-bond acceptors (Lipinski definition) is 6. The Morgan fingerprint density at radius 1 is 1.19 bits per heavy atom. The van der Waals surface area contributed by atoms with Gasteiger partial charge >= 0.3 is 5.97 Å². The van der Waals surface area contributed by atoms with Gasteiger partial charge in [-0.2, -0.15) is 4.68 Å². The summed E-state index contributed by atoms with van der Waals surface area (Å²) in [5, 5.41) is 16.5. The van der Waals surface area contributed by atoms with E-state index in [1.807, 2.05) is 23.9 Å². The lowest BCUT2D eigenvalue weighted by Crippen LogP contribution is -2.62. The van der Waals surface area contributed by atoms with E-state index in [4.69, 9.17) is 4.74 Å². The second-order valence-electron chi connectivity index (χ2n) is 8.38.